The molecular formula is C14H18ClN5O3. The van der Waals surface area contributed by atoms with Gasteiger partial charge in [-0.15, -0.1) is 0 Å². The first-order valence-corrected chi connectivity index (χ1v) is 7.92. The number of fused-ring (bicyclic) bond motifs is 1. The van der Waals surface area contributed by atoms with Crippen molar-refractivity contribution >= 4 is 28.6 Å². The van der Waals surface area contributed by atoms with Crippen molar-refractivity contribution in [2.45, 2.75) is 18.6 Å². The summed E-state index contributed by atoms with van der Waals surface area (Å²) in [7, 11) is 1.82. The Morgan fingerprint density at radius 1 is 1.26 bits per heavy atom. The van der Waals surface area contributed by atoms with Crippen LogP contribution in [0.5, 0.6) is 0 Å². The van der Waals surface area contributed by atoms with E-state index in [0.29, 0.717) is 42.6 Å². The van der Waals surface area contributed by atoms with Crippen molar-refractivity contribution in [3.8, 4) is 0 Å². The highest BCUT2D eigenvalue weighted by Crippen LogP contribution is 2.34. The van der Waals surface area contributed by atoms with E-state index < -0.39 is 5.60 Å². The highest BCUT2D eigenvalue weighted by Gasteiger charge is 2.43. The molecule has 0 saturated carbocycles. The highest BCUT2D eigenvalue weighted by molar-refractivity contribution is 6.28. The Labute approximate surface area is 138 Å². The minimum Gasteiger partial charge on any atom is -0.377 e. The number of ether oxygens (including phenoxy) is 2. The summed E-state index contributed by atoms with van der Waals surface area (Å²) in [5.74, 6) is 1.21. The van der Waals surface area contributed by atoms with Gasteiger partial charge in [0.15, 0.2) is 22.6 Å². The molecule has 0 unspecified atom stereocenters. The topological polar surface area (TPSA) is 85.5 Å². The van der Waals surface area contributed by atoms with Crippen LogP contribution in [-0.2, 0) is 22.1 Å². The maximum absolute atomic E-state index is 10.6. The Bertz CT molecular complexity index is 760. The molecule has 124 valence electrons. The zero-order valence-electron chi connectivity index (χ0n) is 13.0. The smallest absolute Gasteiger partial charge is 0.226 e. The summed E-state index contributed by atoms with van der Waals surface area (Å²) >= 11 is 6.13. The number of hydrogen-bond acceptors (Lipinski definition) is 7. The van der Waals surface area contributed by atoms with Gasteiger partial charge < -0.3 is 24.0 Å². The molecular weight excluding hydrogens is 322 g/mol. The molecule has 4 rings (SSSR count). The van der Waals surface area contributed by atoms with Gasteiger partial charge >= 0.3 is 0 Å². The fourth-order valence-electron chi connectivity index (χ4n) is 3.10. The molecule has 2 aromatic heterocycles. The van der Waals surface area contributed by atoms with E-state index in [9.17, 15) is 5.11 Å². The molecule has 2 aliphatic rings. The van der Waals surface area contributed by atoms with Crippen LogP contribution in [0, 0.1) is 0 Å². The van der Waals surface area contributed by atoms with Gasteiger partial charge in [-0.1, -0.05) is 0 Å². The normalized spacial score (nSPS) is 24.0. The summed E-state index contributed by atoms with van der Waals surface area (Å²) in [6.07, 6.45) is 0. The minimum absolute atomic E-state index is 0.164. The fraction of sp³-hybridized carbons (Fsp3) is 0.643. The van der Waals surface area contributed by atoms with Crippen LogP contribution in [0.15, 0.2) is 0 Å². The van der Waals surface area contributed by atoms with Gasteiger partial charge in [0.1, 0.15) is 5.82 Å². The SMILES string of the molecule is C[C@H]1COCCN1c1nc(Cl)nc2c1nc(C1(O)COC1)n2C. The molecule has 0 radical (unpaired) electrons. The van der Waals surface area contributed by atoms with Crippen molar-refractivity contribution in [3.05, 3.63) is 11.1 Å². The average molecular weight is 340 g/mol. The van der Waals surface area contributed by atoms with Crippen LogP contribution < -0.4 is 4.90 Å². The molecule has 2 fully saturated rings. The van der Waals surface area contributed by atoms with Gasteiger partial charge in [0.2, 0.25) is 5.28 Å². The molecule has 9 heteroatoms. The monoisotopic (exact) mass is 339 g/mol. The Morgan fingerprint density at radius 2 is 2.04 bits per heavy atom. The molecule has 0 spiro atoms. The lowest BCUT2D eigenvalue weighted by molar-refractivity contribution is -0.190. The number of hydrogen-bond donors (Lipinski definition) is 1. The second-order valence-corrected chi connectivity index (χ2v) is 6.46. The quantitative estimate of drug-likeness (QED) is 0.795. The third-order valence-electron chi connectivity index (χ3n) is 4.41. The van der Waals surface area contributed by atoms with Gasteiger partial charge in [0.05, 0.1) is 32.5 Å². The molecule has 0 bridgehead atoms. The van der Waals surface area contributed by atoms with E-state index in [-0.39, 0.29) is 24.5 Å². The van der Waals surface area contributed by atoms with E-state index in [1.54, 1.807) is 4.57 Å². The van der Waals surface area contributed by atoms with E-state index >= 15 is 0 Å². The predicted octanol–water partition coefficient (Wildman–Crippen LogP) is 0.460. The van der Waals surface area contributed by atoms with Crippen LogP contribution >= 0.6 is 11.6 Å². The number of aromatic nitrogens is 4. The molecule has 0 aromatic carbocycles. The number of nitrogens with zero attached hydrogens (tertiary/aromatic N) is 5. The van der Waals surface area contributed by atoms with Gasteiger partial charge in [-0.2, -0.15) is 9.97 Å². The zero-order chi connectivity index (χ0) is 16.2. The molecule has 1 atom stereocenters. The van der Waals surface area contributed by atoms with Gasteiger partial charge in [-0.25, -0.2) is 4.98 Å². The number of rotatable bonds is 2. The van der Waals surface area contributed by atoms with E-state index in [4.69, 9.17) is 21.1 Å². The molecule has 2 saturated heterocycles. The summed E-state index contributed by atoms with van der Waals surface area (Å²) in [6, 6.07) is 0.165. The predicted molar refractivity (Wildman–Crippen MR) is 83.7 cm³/mol. The Balaban J connectivity index is 1.89. The molecule has 2 aromatic rings. The minimum atomic E-state index is -1.07. The van der Waals surface area contributed by atoms with Crippen molar-refractivity contribution in [1.29, 1.82) is 0 Å². The lowest BCUT2D eigenvalue weighted by Crippen LogP contribution is -2.48. The number of imidazole rings is 1. The standard InChI is InChI=1S/C14H18ClN5O3/c1-8-5-22-4-3-20(8)11-9-10(17-13(15)18-11)19(2)12(16-9)14(21)6-23-7-14/h8,21H,3-7H2,1-2H3/t8-/m0/s1. The van der Waals surface area contributed by atoms with Crippen molar-refractivity contribution in [2.75, 3.05) is 37.9 Å². The van der Waals surface area contributed by atoms with Crippen LogP contribution in [0.1, 0.15) is 12.7 Å². The second-order valence-electron chi connectivity index (χ2n) is 6.12. The lowest BCUT2D eigenvalue weighted by atomic mass is 10.0. The number of morpholine rings is 1. The molecule has 0 aliphatic carbocycles. The van der Waals surface area contributed by atoms with Crippen molar-refractivity contribution in [1.82, 2.24) is 19.5 Å². The Hall–Kier alpha value is -1.48. The Morgan fingerprint density at radius 3 is 2.70 bits per heavy atom. The number of anilines is 1. The first-order valence-electron chi connectivity index (χ1n) is 7.54. The van der Waals surface area contributed by atoms with Crippen molar-refractivity contribution < 1.29 is 14.6 Å². The van der Waals surface area contributed by atoms with Crippen LogP contribution in [0.4, 0.5) is 5.82 Å². The van der Waals surface area contributed by atoms with Crippen LogP contribution in [0.2, 0.25) is 5.28 Å². The van der Waals surface area contributed by atoms with E-state index in [2.05, 4.69) is 26.8 Å². The highest BCUT2D eigenvalue weighted by atomic mass is 35.5. The molecule has 2 aliphatic heterocycles. The van der Waals surface area contributed by atoms with E-state index in [1.165, 1.54) is 0 Å². The summed E-state index contributed by atoms with van der Waals surface area (Å²) in [5, 5.41) is 10.7. The first-order chi connectivity index (χ1) is 11.0. The van der Waals surface area contributed by atoms with Gasteiger partial charge in [0.25, 0.3) is 0 Å². The van der Waals surface area contributed by atoms with Crippen LogP contribution in [0.3, 0.4) is 0 Å². The van der Waals surface area contributed by atoms with Gasteiger partial charge in [0, 0.05) is 13.6 Å². The second kappa shape index (κ2) is 5.27. The fourth-order valence-corrected chi connectivity index (χ4v) is 3.26. The summed E-state index contributed by atoms with van der Waals surface area (Å²) in [5.41, 5.74) is 0.172. The van der Waals surface area contributed by atoms with Gasteiger partial charge in [-0.3, -0.25) is 0 Å². The summed E-state index contributed by atoms with van der Waals surface area (Å²) < 4.78 is 12.4. The lowest BCUT2D eigenvalue weighted by Gasteiger charge is -2.35. The summed E-state index contributed by atoms with van der Waals surface area (Å²) in [4.78, 5) is 15.4. The summed E-state index contributed by atoms with van der Waals surface area (Å²) in [6.45, 7) is 4.50. The zero-order valence-corrected chi connectivity index (χ0v) is 13.7. The van der Waals surface area contributed by atoms with E-state index in [0.717, 1.165) is 0 Å². The Kier molecular flexibility index (Phi) is 3.45. The maximum atomic E-state index is 10.6. The largest absolute Gasteiger partial charge is 0.377 e. The van der Waals surface area contributed by atoms with Crippen molar-refractivity contribution in [2.24, 2.45) is 7.05 Å². The van der Waals surface area contributed by atoms with E-state index in [1.807, 2.05) is 7.05 Å². The number of aryl methyl sites for hydroxylation is 1. The molecule has 23 heavy (non-hydrogen) atoms. The van der Waals surface area contributed by atoms with Crippen molar-refractivity contribution in [3.63, 3.8) is 0 Å². The average Bonchev–Trinajstić information content (AvgIpc) is 2.82. The van der Waals surface area contributed by atoms with Crippen LogP contribution in [-0.4, -0.2) is 63.6 Å². The third kappa shape index (κ3) is 2.28. The van der Waals surface area contributed by atoms with Gasteiger partial charge in [-0.05, 0) is 18.5 Å². The molecule has 0 amide bonds. The maximum Gasteiger partial charge on any atom is 0.226 e. The van der Waals surface area contributed by atoms with Crippen LogP contribution in [0.25, 0.3) is 11.2 Å². The molecule has 1 N–H and O–H groups in total. The molecule has 8 nitrogen and oxygen atoms in total. The number of halogens is 1. The third-order valence-corrected chi connectivity index (χ3v) is 4.58. The molecule has 4 heterocycles. The first kappa shape index (κ1) is 15.1. The number of aliphatic hydroxyl groups is 1.